The predicted octanol–water partition coefficient (Wildman–Crippen LogP) is 2.29. The summed E-state index contributed by atoms with van der Waals surface area (Å²) in [5, 5.41) is 2.69. The van der Waals surface area contributed by atoms with Crippen LogP contribution in [0.3, 0.4) is 0 Å². The number of hydrogen-bond donors (Lipinski definition) is 1. The summed E-state index contributed by atoms with van der Waals surface area (Å²) in [5.74, 6) is -0.101. The van der Waals surface area contributed by atoms with Gasteiger partial charge < -0.3 is 5.32 Å². The summed E-state index contributed by atoms with van der Waals surface area (Å²) in [6.07, 6.45) is 0. The average molecular weight is 176 g/mol. The fourth-order valence-electron chi connectivity index (χ4n) is 1.08. The van der Waals surface area contributed by atoms with Gasteiger partial charge in [0.15, 0.2) is 0 Å². The first kappa shape index (κ1) is 9.45. The van der Waals surface area contributed by atoms with Crippen LogP contribution in [0.2, 0.25) is 0 Å². The third-order valence-corrected chi connectivity index (χ3v) is 1.63. The largest absolute Gasteiger partial charge is 0.324 e. The minimum Gasteiger partial charge on any atom is -0.324 e. The van der Waals surface area contributed by atoms with Crippen LogP contribution in [-0.4, -0.2) is 12.6 Å². The lowest BCUT2D eigenvalue weighted by Gasteiger charge is -2.06. The van der Waals surface area contributed by atoms with Crippen molar-refractivity contribution in [3.8, 4) is 0 Å². The van der Waals surface area contributed by atoms with E-state index in [4.69, 9.17) is 0 Å². The molecular formula is C10H12N2O. The molecule has 0 unspecified atom stereocenters. The lowest BCUT2D eigenvalue weighted by Crippen LogP contribution is -2.05. The van der Waals surface area contributed by atoms with Gasteiger partial charge in [-0.25, -0.2) is 0 Å². The zero-order valence-corrected chi connectivity index (χ0v) is 7.79. The molecule has 3 nitrogen and oxygen atoms in total. The molecule has 0 saturated heterocycles. The first-order valence-corrected chi connectivity index (χ1v) is 3.98. The van der Waals surface area contributed by atoms with Crippen molar-refractivity contribution in [3.05, 3.63) is 23.8 Å². The molecule has 0 aliphatic heterocycles. The molecule has 1 N–H and O–H groups in total. The number of aryl methyl sites for hydroxylation is 1. The summed E-state index contributed by atoms with van der Waals surface area (Å²) in [7, 11) is 0. The van der Waals surface area contributed by atoms with Gasteiger partial charge in [-0.15, -0.1) is 0 Å². The van der Waals surface area contributed by atoms with Crippen LogP contribution in [0.4, 0.5) is 11.4 Å². The zero-order chi connectivity index (χ0) is 9.84. The highest BCUT2D eigenvalue weighted by Crippen LogP contribution is 2.25. The van der Waals surface area contributed by atoms with E-state index in [2.05, 4.69) is 17.0 Å². The molecule has 0 radical (unpaired) electrons. The van der Waals surface area contributed by atoms with Gasteiger partial charge in [-0.05, 0) is 31.3 Å². The molecule has 68 valence electrons. The maximum atomic E-state index is 10.8. The van der Waals surface area contributed by atoms with E-state index in [0.29, 0.717) is 11.4 Å². The van der Waals surface area contributed by atoms with Crippen molar-refractivity contribution in [1.82, 2.24) is 0 Å². The Kier molecular flexibility index (Phi) is 2.80. The second kappa shape index (κ2) is 3.85. The van der Waals surface area contributed by atoms with Crippen LogP contribution in [-0.2, 0) is 4.79 Å². The number of aliphatic imine (C=N–C) groups is 1. The molecule has 1 aromatic rings. The molecule has 1 aromatic carbocycles. The van der Waals surface area contributed by atoms with Gasteiger partial charge >= 0.3 is 0 Å². The van der Waals surface area contributed by atoms with Crippen LogP contribution in [0, 0.1) is 6.92 Å². The number of amides is 1. The highest BCUT2D eigenvalue weighted by molar-refractivity contribution is 5.92. The highest BCUT2D eigenvalue weighted by Gasteiger charge is 2.01. The van der Waals surface area contributed by atoms with E-state index in [1.54, 1.807) is 0 Å². The number of nitrogens with zero attached hydrogens (tertiary/aromatic N) is 1. The maximum Gasteiger partial charge on any atom is 0.221 e. The van der Waals surface area contributed by atoms with E-state index in [9.17, 15) is 4.79 Å². The molecular weight excluding hydrogens is 164 g/mol. The SMILES string of the molecule is C=Nc1ccc(C)cc1NC(C)=O. The first-order chi connectivity index (χ1) is 6.13. The van der Waals surface area contributed by atoms with Crippen LogP contribution >= 0.6 is 0 Å². The number of hydrogen-bond acceptors (Lipinski definition) is 2. The number of benzene rings is 1. The molecule has 1 amide bonds. The van der Waals surface area contributed by atoms with Gasteiger partial charge in [0.25, 0.3) is 0 Å². The Hall–Kier alpha value is -1.64. The number of carbonyl (C=O) groups is 1. The summed E-state index contributed by atoms with van der Waals surface area (Å²) in [6.45, 7) is 6.85. The second-order valence-corrected chi connectivity index (χ2v) is 2.86. The van der Waals surface area contributed by atoms with Gasteiger partial charge in [-0.3, -0.25) is 9.79 Å². The van der Waals surface area contributed by atoms with Crippen LogP contribution in [0.5, 0.6) is 0 Å². The van der Waals surface area contributed by atoms with Crippen molar-refractivity contribution in [2.24, 2.45) is 4.99 Å². The van der Waals surface area contributed by atoms with E-state index >= 15 is 0 Å². The van der Waals surface area contributed by atoms with E-state index in [-0.39, 0.29) is 5.91 Å². The normalized spacial score (nSPS) is 9.38. The standard InChI is InChI=1S/C10H12N2O/c1-7-4-5-9(11-3)10(6-7)12-8(2)13/h4-6H,3H2,1-2H3,(H,12,13). The van der Waals surface area contributed by atoms with E-state index in [0.717, 1.165) is 5.56 Å². The van der Waals surface area contributed by atoms with E-state index in [1.165, 1.54) is 6.92 Å². The van der Waals surface area contributed by atoms with Crippen LogP contribution < -0.4 is 5.32 Å². The molecule has 0 aliphatic carbocycles. The number of rotatable bonds is 2. The number of nitrogens with one attached hydrogen (secondary N) is 1. The predicted molar refractivity (Wildman–Crippen MR) is 54.7 cm³/mol. The topological polar surface area (TPSA) is 41.5 Å². The first-order valence-electron chi connectivity index (χ1n) is 3.98. The fourth-order valence-corrected chi connectivity index (χ4v) is 1.08. The summed E-state index contributed by atoms with van der Waals surface area (Å²) in [6, 6.07) is 5.62. The Morgan fingerprint density at radius 3 is 2.77 bits per heavy atom. The maximum absolute atomic E-state index is 10.8. The Bertz CT molecular complexity index is 345. The van der Waals surface area contributed by atoms with Crippen molar-refractivity contribution < 1.29 is 4.79 Å². The van der Waals surface area contributed by atoms with Gasteiger partial charge in [0.05, 0.1) is 11.4 Å². The molecule has 1 rings (SSSR count). The molecule has 3 heteroatoms. The summed E-state index contributed by atoms with van der Waals surface area (Å²) < 4.78 is 0. The lowest BCUT2D eigenvalue weighted by atomic mass is 10.2. The lowest BCUT2D eigenvalue weighted by molar-refractivity contribution is -0.114. The summed E-state index contributed by atoms with van der Waals surface area (Å²) in [4.78, 5) is 14.6. The fraction of sp³-hybridized carbons (Fsp3) is 0.200. The Morgan fingerprint density at radius 2 is 2.23 bits per heavy atom. The molecule has 0 atom stereocenters. The molecule has 13 heavy (non-hydrogen) atoms. The Morgan fingerprint density at radius 1 is 1.54 bits per heavy atom. The minimum absolute atomic E-state index is 0.101. The Labute approximate surface area is 77.5 Å². The van der Waals surface area contributed by atoms with Crippen molar-refractivity contribution in [2.75, 3.05) is 5.32 Å². The average Bonchev–Trinajstić information content (AvgIpc) is 2.03. The monoisotopic (exact) mass is 176 g/mol. The van der Waals surface area contributed by atoms with Crippen LogP contribution in [0.25, 0.3) is 0 Å². The van der Waals surface area contributed by atoms with Crippen molar-refractivity contribution in [2.45, 2.75) is 13.8 Å². The molecule has 0 saturated carbocycles. The molecule has 0 fully saturated rings. The van der Waals surface area contributed by atoms with Gasteiger partial charge in [0, 0.05) is 6.92 Å². The minimum atomic E-state index is -0.101. The van der Waals surface area contributed by atoms with Crippen molar-refractivity contribution >= 4 is 24.0 Å². The Balaban J connectivity index is 3.07. The van der Waals surface area contributed by atoms with Gasteiger partial charge in [-0.2, -0.15) is 0 Å². The third-order valence-electron chi connectivity index (χ3n) is 1.63. The van der Waals surface area contributed by atoms with Crippen molar-refractivity contribution in [1.29, 1.82) is 0 Å². The van der Waals surface area contributed by atoms with Crippen LogP contribution in [0.1, 0.15) is 12.5 Å². The number of anilines is 1. The smallest absolute Gasteiger partial charge is 0.221 e. The molecule has 0 heterocycles. The summed E-state index contributed by atoms with van der Waals surface area (Å²) >= 11 is 0. The second-order valence-electron chi connectivity index (χ2n) is 2.86. The van der Waals surface area contributed by atoms with E-state index in [1.807, 2.05) is 25.1 Å². The van der Waals surface area contributed by atoms with Gasteiger partial charge in [0.2, 0.25) is 5.91 Å². The number of carbonyl (C=O) groups excluding carboxylic acids is 1. The van der Waals surface area contributed by atoms with Gasteiger partial charge in [0.1, 0.15) is 0 Å². The zero-order valence-electron chi connectivity index (χ0n) is 7.79. The van der Waals surface area contributed by atoms with Crippen LogP contribution in [0.15, 0.2) is 23.2 Å². The van der Waals surface area contributed by atoms with Gasteiger partial charge in [-0.1, -0.05) is 6.07 Å². The molecule has 0 spiro atoms. The third kappa shape index (κ3) is 2.40. The summed E-state index contributed by atoms with van der Waals surface area (Å²) in [5.41, 5.74) is 2.49. The van der Waals surface area contributed by atoms with Crippen molar-refractivity contribution in [3.63, 3.8) is 0 Å². The molecule has 0 bridgehead atoms. The van der Waals surface area contributed by atoms with E-state index < -0.39 is 0 Å². The quantitative estimate of drug-likeness (QED) is 0.690. The molecule has 0 aromatic heterocycles. The highest BCUT2D eigenvalue weighted by atomic mass is 16.1. The molecule has 0 aliphatic rings.